The molecule has 0 aliphatic carbocycles. The van der Waals surface area contributed by atoms with Crippen LogP contribution in [0, 0.1) is 0 Å². The van der Waals surface area contributed by atoms with Gasteiger partial charge in [-0.25, -0.2) is 4.79 Å². The van der Waals surface area contributed by atoms with Crippen LogP contribution in [0.15, 0.2) is 18.2 Å². The Morgan fingerprint density at radius 1 is 1.50 bits per heavy atom. The van der Waals surface area contributed by atoms with Gasteiger partial charge in [-0.05, 0) is 31.9 Å². The van der Waals surface area contributed by atoms with Gasteiger partial charge >= 0.3 is 6.03 Å². The van der Waals surface area contributed by atoms with Crippen molar-refractivity contribution in [3.05, 3.63) is 33.8 Å². The van der Waals surface area contributed by atoms with Crippen LogP contribution >= 0.6 is 23.2 Å². The second-order valence-electron chi connectivity index (χ2n) is 5.38. The Morgan fingerprint density at radius 3 is 2.91 bits per heavy atom. The molecule has 1 aromatic carbocycles. The number of rotatable bonds is 5. The van der Waals surface area contributed by atoms with E-state index in [4.69, 9.17) is 27.9 Å². The van der Waals surface area contributed by atoms with Gasteiger partial charge in [0.2, 0.25) is 0 Å². The summed E-state index contributed by atoms with van der Waals surface area (Å²) in [5.74, 6) is 0. The van der Waals surface area contributed by atoms with Gasteiger partial charge in [-0.1, -0.05) is 29.3 Å². The number of nitrogens with one attached hydrogen (secondary N) is 2. The van der Waals surface area contributed by atoms with Gasteiger partial charge in [-0.2, -0.15) is 0 Å². The van der Waals surface area contributed by atoms with Crippen LogP contribution in [0.5, 0.6) is 0 Å². The molecule has 2 amide bonds. The Bertz CT molecular complexity index is 522. The molecule has 3 atom stereocenters. The quantitative estimate of drug-likeness (QED) is 0.767. The van der Waals surface area contributed by atoms with Gasteiger partial charge < -0.3 is 20.5 Å². The van der Waals surface area contributed by atoms with E-state index >= 15 is 0 Å². The summed E-state index contributed by atoms with van der Waals surface area (Å²) in [6.45, 7) is 2.71. The fourth-order valence-corrected chi connectivity index (χ4v) is 2.95. The van der Waals surface area contributed by atoms with Crippen molar-refractivity contribution < 1.29 is 14.6 Å². The normalized spacial score (nSPS) is 20.5. The zero-order valence-corrected chi connectivity index (χ0v) is 13.8. The van der Waals surface area contributed by atoms with Crippen LogP contribution in [-0.4, -0.2) is 36.4 Å². The van der Waals surface area contributed by atoms with Crippen molar-refractivity contribution in [3.8, 4) is 0 Å². The van der Waals surface area contributed by atoms with Gasteiger partial charge in [-0.3, -0.25) is 0 Å². The van der Waals surface area contributed by atoms with Crippen LogP contribution in [0.25, 0.3) is 0 Å². The SMILES string of the molecule is CC(NC(=O)NCC(O)c1ccc(Cl)cc1Cl)C1CCCO1. The molecule has 3 unspecified atom stereocenters. The summed E-state index contributed by atoms with van der Waals surface area (Å²) in [4.78, 5) is 11.8. The van der Waals surface area contributed by atoms with Gasteiger partial charge in [0, 0.05) is 28.8 Å². The molecule has 7 heteroatoms. The van der Waals surface area contributed by atoms with Gasteiger partial charge in [0.15, 0.2) is 0 Å². The highest BCUT2D eigenvalue weighted by Crippen LogP contribution is 2.25. The fraction of sp³-hybridized carbons (Fsp3) is 0.533. The van der Waals surface area contributed by atoms with Crippen LogP contribution in [0.3, 0.4) is 0 Å². The lowest BCUT2D eigenvalue weighted by atomic mass is 10.1. The summed E-state index contributed by atoms with van der Waals surface area (Å²) in [5, 5.41) is 16.4. The zero-order chi connectivity index (χ0) is 16.1. The molecule has 0 spiro atoms. The largest absolute Gasteiger partial charge is 0.387 e. The molecule has 122 valence electrons. The highest BCUT2D eigenvalue weighted by molar-refractivity contribution is 6.35. The lowest BCUT2D eigenvalue weighted by Crippen LogP contribution is -2.46. The smallest absolute Gasteiger partial charge is 0.315 e. The molecule has 0 bridgehead atoms. The summed E-state index contributed by atoms with van der Waals surface area (Å²) in [6.07, 6.45) is 1.13. The second kappa shape index (κ2) is 8.02. The van der Waals surface area contributed by atoms with Crippen molar-refractivity contribution in [2.75, 3.05) is 13.2 Å². The van der Waals surface area contributed by atoms with Gasteiger partial charge in [0.05, 0.1) is 18.2 Å². The van der Waals surface area contributed by atoms with E-state index in [-0.39, 0.29) is 24.7 Å². The van der Waals surface area contributed by atoms with Gasteiger partial charge in [0.25, 0.3) is 0 Å². The van der Waals surface area contributed by atoms with E-state index in [1.165, 1.54) is 0 Å². The number of urea groups is 1. The number of halogens is 2. The maximum atomic E-state index is 11.8. The Labute approximate surface area is 139 Å². The van der Waals surface area contributed by atoms with Crippen molar-refractivity contribution in [1.29, 1.82) is 0 Å². The number of ether oxygens (including phenoxy) is 1. The average molecular weight is 347 g/mol. The number of hydrogen-bond donors (Lipinski definition) is 3. The molecule has 1 aliphatic heterocycles. The van der Waals surface area contributed by atoms with E-state index in [1.54, 1.807) is 18.2 Å². The molecule has 1 fully saturated rings. The molecule has 1 heterocycles. The molecule has 2 rings (SSSR count). The average Bonchev–Trinajstić information content (AvgIpc) is 2.99. The Hall–Kier alpha value is -1.01. The highest BCUT2D eigenvalue weighted by atomic mass is 35.5. The summed E-state index contributed by atoms with van der Waals surface area (Å²) in [6, 6.07) is 4.43. The lowest BCUT2D eigenvalue weighted by molar-refractivity contribution is 0.0856. The minimum absolute atomic E-state index is 0.0568. The first-order valence-corrected chi connectivity index (χ1v) is 8.02. The van der Waals surface area contributed by atoms with Crippen molar-refractivity contribution in [2.45, 2.75) is 38.0 Å². The molecule has 5 nitrogen and oxygen atoms in total. The minimum atomic E-state index is -0.895. The number of carbonyl (C=O) groups is 1. The molecule has 1 aliphatic rings. The topological polar surface area (TPSA) is 70.6 Å². The molecular formula is C15H20Cl2N2O3. The Kier molecular flexibility index (Phi) is 6.32. The second-order valence-corrected chi connectivity index (χ2v) is 6.22. The molecule has 3 N–H and O–H groups in total. The number of aliphatic hydroxyl groups excluding tert-OH is 1. The van der Waals surface area contributed by atoms with Crippen LogP contribution in [0.2, 0.25) is 10.0 Å². The molecule has 1 aromatic rings. The summed E-state index contributed by atoms with van der Waals surface area (Å²) in [7, 11) is 0. The van der Waals surface area contributed by atoms with E-state index in [0.29, 0.717) is 15.6 Å². The van der Waals surface area contributed by atoms with Gasteiger partial charge in [-0.15, -0.1) is 0 Å². The van der Waals surface area contributed by atoms with Crippen molar-refractivity contribution in [1.82, 2.24) is 10.6 Å². The van der Waals surface area contributed by atoms with Crippen molar-refractivity contribution >= 4 is 29.2 Å². The molecule has 0 saturated carbocycles. The summed E-state index contributed by atoms with van der Waals surface area (Å²) >= 11 is 11.8. The molecule has 0 aromatic heterocycles. The van der Waals surface area contributed by atoms with E-state index in [0.717, 1.165) is 19.4 Å². The molecular weight excluding hydrogens is 327 g/mol. The van der Waals surface area contributed by atoms with E-state index in [2.05, 4.69) is 10.6 Å². The van der Waals surface area contributed by atoms with Crippen LogP contribution < -0.4 is 10.6 Å². The Balaban J connectivity index is 1.80. The first kappa shape index (κ1) is 17.3. The first-order chi connectivity index (χ1) is 10.5. The standard InChI is InChI=1S/C15H20Cl2N2O3/c1-9(14-3-2-6-22-14)19-15(21)18-8-13(20)11-5-4-10(16)7-12(11)17/h4-5,7,9,13-14,20H,2-3,6,8H2,1H3,(H2,18,19,21). The number of hydrogen-bond acceptors (Lipinski definition) is 3. The van der Waals surface area contributed by atoms with E-state index in [1.807, 2.05) is 6.92 Å². The molecule has 1 saturated heterocycles. The Morgan fingerprint density at radius 2 is 2.27 bits per heavy atom. The third kappa shape index (κ3) is 4.74. The van der Waals surface area contributed by atoms with Crippen molar-refractivity contribution in [3.63, 3.8) is 0 Å². The molecule has 0 radical (unpaired) electrons. The van der Waals surface area contributed by atoms with E-state index in [9.17, 15) is 9.90 Å². The summed E-state index contributed by atoms with van der Waals surface area (Å²) in [5.41, 5.74) is 0.526. The predicted molar refractivity (Wildman–Crippen MR) is 86.4 cm³/mol. The number of benzene rings is 1. The highest BCUT2D eigenvalue weighted by Gasteiger charge is 2.23. The third-order valence-corrected chi connectivity index (χ3v) is 4.22. The van der Waals surface area contributed by atoms with E-state index < -0.39 is 6.10 Å². The van der Waals surface area contributed by atoms with Crippen LogP contribution in [0.4, 0.5) is 4.79 Å². The third-order valence-electron chi connectivity index (χ3n) is 3.66. The molecule has 22 heavy (non-hydrogen) atoms. The van der Waals surface area contributed by atoms with Crippen LogP contribution in [0.1, 0.15) is 31.4 Å². The van der Waals surface area contributed by atoms with Gasteiger partial charge in [0.1, 0.15) is 0 Å². The minimum Gasteiger partial charge on any atom is -0.387 e. The van der Waals surface area contributed by atoms with Crippen LogP contribution in [-0.2, 0) is 4.74 Å². The zero-order valence-electron chi connectivity index (χ0n) is 12.3. The first-order valence-electron chi connectivity index (χ1n) is 7.26. The lowest BCUT2D eigenvalue weighted by Gasteiger charge is -2.21. The number of carbonyl (C=O) groups excluding carboxylic acids is 1. The maximum Gasteiger partial charge on any atom is 0.315 e. The monoisotopic (exact) mass is 346 g/mol. The maximum absolute atomic E-state index is 11.8. The fourth-order valence-electron chi connectivity index (χ4n) is 2.42. The number of amides is 2. The predicted octanol–water partition coefficient (Wildman–Crippen LogP) is 2.89. The summed E-state index contributed by atoms with van der Waals surface area (Å²) < 4.78 is 5.52. The number of aliphatic hydroxyl groups is 1. The van der Waals surface area contributed by atoms with Crippen molar-refractivity contribution in [2.24, 2.45) is 0 Å².